The van der Waals surface area contributed by atoms with Crippen LogP contribution in [0, 0.1) is 0 Å². The minimum absolute atomic E-state index is 0.0212. The van der Waals surface area contributed by atoms with Crippen LogP contribution in [0.3, 0.4) is 0 Å². The van der Waals surface area contributed by atoms with Crippen molar-refractivity contribution in [3.05, 3.63) is 17.8 Å². The maximum Gasteiger partial charge on any atom is 0.161 e. The van der Waals surface area contributed by atoms with Gasteiger partial charge in [-0.2, -0.15) is 0 Å². The average molecular weight is 260 g/mol. The van der Waals surface area contributed by atoms with Gasteiger partial charge in [0.25, 0.3) is 0 Å². The number of imidazole rings is 1. The zero-order valence-electron chi connectivity index (χ0n) is 10.6. The second-order valence-corrected chi connectivity index (χ2v) is 5.07. The van der Waals surface area contributed by atoms with E-state index in [1.165, 1.54) is 0 Å². The van der Waals surface area contributed by atoms with E-state index in [0.717, 1.165) is 61.6 Å². The third-order valence-electron chi connectivity index (χ3n) is 3.78. The molecule has 4 heterocycles. The monoisotopic (exact) mass is 260 g/mol. The lowest BCUT2D eigenvalue weighted by molar-refractivity contribution is 0.0985. The fourth-order valence-electron chi connectivity index (χ4n) is 2.82. The molecule has 2 saturated heterocycles. The SMILES string of the molecule is c1nc2c(C3CCCO3)nc(C3CCCO3)nc2[nH]1. The number of hydrogen-bond donors (Lipinski definition) is 1. The molecule has 2 aliphatic heterocycles. The van der Waals surface area contributed by atoms with Crippen LogP contribution in [-0.4, -0.2) is 33.1 Å². The number of nitrogens with one attached hydrogen (secondary N) is 1. The minimum Gasteiger partial charge on any atom is -0.372 e. The van der Waals surface area contributed by atoms with Gasteiger partial charge in [0.05, 0.1) is 6.33 Å². The van der Waals surface area contributed by atoms with Crippen molar-refractivity contribution < 1.29 is 9.47 Å². The average Bonchev–Trinajstić information content (AvgIpc) is 3.18. The predicted molar refractivity (Wildman–Crippen MR) is 67.5 cm³/mol. The molecular formula is C13H16N4O2. The van der Waals surface area contributed by atoms with E-state index in [9.17, 15) is 0 Å². The van der Waals surface area contributed by atoms with Crippen molar-refractivity contribution in [2.24, 2.45) is 0 Å². The number of aromatic amines is 1. The molecule has 19 heavy (non-hydrogen) atoms. The number of fused-ring (bicyclic) bond motifs is 1. The number of hydrogen-bond acceptors (Lipinski definition) is 5. The number of H-pyrrole nitrogens is 1. The molecule has 4 rings (SSSR count). The Morgan fingerprint density at radius 3 is 2.58 bits per heavy atom. The Labute approximate surface area is 110 Å². The molecule has 0 spiro atoms. The highest BCUT2D eigenvalue weighted by atomic mass is 16.5. The van der Waals surface area contributed by atoms with Crippen LogP contribution in [-0.2, 0) is 9.47 Å². The van der Waals surface area contributed by atoms with E-state index < -0.39 is 0 Å². The van der Waals surface area contributed by atoms with Crippen LogP contribution in [0.1, 0.15) is 49.4 Å². The van der Waals surface area contributed by atoms with Gasteiger partial charge in [-0.3, -0.25) is 0 Å². The zero-order valence-corrected chi connectivity index (χ0v) is 10.6. The summed E-state index contributed by atoms with van der Waals surface area (Å²) in [5, 5.41) is 0. The molecule has 2 aromatic heterocycles. The fraction of sp³-hybridized carbons (Fsp3) is 0.615. The highest BCUT2D eigenvalue weighted by Crippen LogP contribution is 2.33. The fourth-order valence-corrected chi connectivity index (χ4v) is 2.82. The Balaban J connectivity index is 1.81. The van der Waals surface area contributed by atoms with Crippen molar-refractivity contribution in [1.82, 2.24) is 19.9 Å². The first-order valence-corrected chi connectivity index (χ1v) is 6.86. The van der Waals surface area contributed by atoms with Crippen molar-refractivity contribution in [3.8, 4) is 0 Å². The predicted octanol–water partition coefficient (Wildman–Crippen LogP) is 2.06. The Hall–Kier alpha value is -1.53. The van der Waals surface area contributed by atoms with Crippen molar-refractivity contribution >= 4 is 11.2 Å². The molecular weight excluding hydrogens is 244 g/mol. The highest BCUT2D eigenvalue weighted by Gasteiger charge is 2.27. The summed E-state index contributed by atoms with van der Waals surface area (Å²) >= 11 is 0. The second-order valence-electron chi connectivity index (χ2n) is 5.07. The standard InChI is InChI=1S/C13H16N4O2/c1-3-8(18-5-1)10-11-13(15-7-14-11)17-12(16-10)9-4-2-6-19-9/h7-9H,1-6H2,(H,14,15,16,17). The second kappa shape index (κ2) is 4.54. The van der Waals surface area contributed by atoms with Gasteiger partial charge in [-0.1, -0.05) is 0 Å². The van der Waals surface area contributed by atoms with Crippen LogP contribution in [0.4, 0.5) is 0 Å². The molecule has 2 aliphatic rings. The van der Waals surface area contributed by atoms with Gasteiger partial charge < -0.3 is 14.5 Å². The Morgan fingerprint density at radius 1 is 1.05 bits per heavy atom. The smallest absolute Gasteiger partial charge is 0.161 e. The Bertz CT molecular complexity index is 585. The van der Waals surface area contributed by atoms with Crippen molar-refractivity contribution in [2.75, 3.05) is 13.2 Å². The molecule has 0 bridgehead atoms. The largest absolute Gasteiger partial charge is 0.372 e. The van der Waals surface area contributed by atoms with E-state index in [2.05, 4.69) is 15.0 Å². The Kier molecular flexibility index (Phi) is 2.70. The van der Waals surface area contributed by atoms with Crippen LogP contribution < -0.4 is 0 Å². The maximum absolute atomic E-state index is 5.75. The minimum atomic E-state index is 0.0212. The first-order valence-electron chi connectivity index (χ1n) is 6.86. The van der Waals surface area contributed by atoms with Crippen LogP contribution >= 0.6 is 0 Å². The maximum atomic E-state index is 5.75. The summed E-state index contributed by atoms with van der Waals surface area (Å²) in [5.74, 6) is 0.764. The van der Waals surface area contributed by atoms with Gasteiger partial charge in [-0.15, -0.1) is 0 Å². The molecule has 2 fully saturated rings. The lowest BCUT2D eigenvalue weighted by Crippen LogP contribution is -2.09. The van der Waals surface area contributed by atoms with Gasteiger partial charge >= 0.3 is 0 Å². The van der Waals surface area contributed by atoms with Crippen molar-refractivity contribution in [3.63, 3.8) is 0 Å². The molecule has 1 N–H and O–H groups in total. The normalized spacial score (nSPS) is 27.4. The molecule has 2 unspecified atom stereocenters. The van der Waals surface area contributed by atoms with E-state index in [1.807, 2.05) is 0 Å². The van der Waals surface area contributed by atoms with Crippen LogP contribution in [0.15, 0.2) is 6.33 Å². The van der Waals surface area contributed by atoms with Crippen LogP contribution in [0.25, 0.3) is 11.2 Å². The summed E-state index contributed by atoms with van der Waals surface area (Å²) in [5.41, 5.74) is 2.52. The third kappa shape index (κ3) is 1.91. The molecule has 0 aliphatic carbocycles. The van der Waals surface area contributed by atoms with E-state index in [-0.39, 0.29) is 12.2 Å². The van der Waals surface area contributed by atoms with E-state index >= 15 is 0 Å². The van der Waals surface area contributed by atoms with Gasteiger partial charge in [0.2, 0.25) is 0 Å². The van der Waals surface area contributed by atoms with Gasteiger partial charge in [0, 0.05) is 13.2 Å². The zero-order chi connectivity index (χ0) is 12.7. The number of nitrogens with zero attached hydrogens (tertiary/aromatic N) is 3. The molecule has 6 heteroatoms. The summed E-state index contributed by atoms with van der Waals surface area (Å²) in [6.07, 6.45) is 5.88. The first-order chi connectivity index (χ1) is 9.42. The van der Waals surface area contributed by atoms with E-state index in [1.54, 1.807) is 6.33 Å². The summed E-state index contributed by atoms with van der Waals surface area (Å²) in [6, 6.07) is 0. The van der Waals surface area contributed by atoms with E-state index in [4.69, 9.17) is 14.5 Å². The first kappa shape index (κ1) is 11.3. The number of rotatable bonds is 2. The third-order valence-corrected chi connectivity index (χ3v) is 3.78. The van der Waals surface area contributed by atoms with Gasteiger partial charge in [0.1, 0.15) is 23.4 Å². The topological polar surface area (TPSA) is 72.9 Å². The summed E-state index contributed by atoms with van der Waals surface area (Å²) in [7, 11) is 0. The lowest BCUT2D eigenvalue weighted by Gasteiger charge is -2.13. The number of ether oxygens (including phenoxy) is 2. The van der Waals surface area contributed by atoms with Gasteiger partial charge in [-0.05, 0) is 25.7 Å². The van der Waals surface area contributed by atoms with Crippen LogP contribution in [0.2, 0.25) is 0 Å². The summed E-state index contributed by atoms with van der Waals surface area (Å²) in [6.45, 7) is 1.60. The molecule has 0 amide bonds. The molecule has 100 valence electrons. The molecule has 6 nitrogen and oxygen atoms in total. The lowest BCUT2D eigenvalue weighted by atomic mass is 10.1. The van der Waals surface area contributed by atoms with Gasteiger partial charge in [-0.25, -0.2) is 15.0 Å². The molecule has 2 atom stereocenters. The van der Waals surface area contributed by atoms with Gasteiger partial charge in [0.15, 0.2) is 11.5 Å². The quantitative estimate of drug-likeness (QED) is 0.894. The molecule has 2 aromatic rings. The molecule has 0 saturated carbocycles. The van der Waals surface area contributed by atoms with Crippen molar-refractivity contribution in [1.29, 1.82) is 0 Å². The molecule has 0 aromatic carbocycles. The highest BCUT2D eigenvalue weighted by molar-refractivity contribution is 5.73. The number of aromatic nitrogens is 4. The summed E-state index contributed by atoms with van der Waals surface area (Å²) in [4.78, 5) is 16.6. The Morgan fingerprint density at radius 2 is 1.84 bits per heavy atom. The van der Waals surface area contributed by atoms with Crippen molar-refractivity contribution in [2.45, 2.75) is 37.9 Å². The van der Waals surface area contributed by atoms with E-state index in [0.29, 0.717) is 0 Å². The molecule has 0 radical (unpaired) electrons. The summed E-state index contributed by atoms with van der Waals surface area (Å²) < 4.78 is 11.4. The van der Waals surface area contributed by atoms with Crippen LogP contribution in [0.5, 0.6) is 0 Å².